The minimum absolute atomic E-state index is 0.0754. The lowest BCUT2D eigenvalue weighted by molar-refractivity contribution is -0.120. The fourth-order valence-corrected chi connectivity index (χ4v) is 5.66. The molecule has 0 bridgehead atoms. The number of aromatic nitrogens is 1. The van der Waals surface area contributed by atoms with Crippen LogP contribution in [0.15, 0.2) is 28.5 Å². The van der Waals surface area contributed by atoms with Crippen LogP contribution in [0.1, 0.15) is 26.0 Å². The zero-order chi connectivity index (χ0) is 21.3. The number of rotatable bonds is 5. The van der Waals surface area contributed by atoms with Crippen LogP contribution < -0.4 is 10.6 Å². The highest BCUT2D eigenvalue weighted by molar-refractivity contribution is 8.01. The molecule has 2 N–H and O–H groups in total. The third kappa shape index (κ3) is 5.33. The van der Waals surface area contributed by atoms with Gasteiger partial charge in [0.2, 0.25) is 11.8 Å². The number of benzene rings is 1. The van der Waals surface area contributed by atoms with Crippen LogP contribution in [0, 0.1) is 0 Å². The summed E-state index contributed by atoms with van der Waals surface area (Å²) < 4.78 is 5.76. The van der Waals surface area contributed by atoms with Crippen LogP contribution in [0.25, 0.3) is 0 Å². The largest absolute Gasteiger partial charge is 0.373 e. The second-order valence-electron chi connectivity index (χ2n) is 7.58. The lowest BCUT2D eigenvalue weighted by Gasteiger charge is -2.34. The standard InChI is InChI=1S/C20H23ClN4O3S2/c1-11-7-25(8-12(2)28-11)9-14-10-29-20(22-14)24-18(26)6-17-19(27)23-15-5-13(21)3-4-16(15)30-17/h3-5,10-12,17H,6-9H2,1-2H3,(H,23,27)(H,22,24,26)/t11-,12+,17-/m1/s1. The van der Waals surface area contributed by atoms with E-state index in [0.717, 1.165) is 30.2 Å². The van der Waals surface area contributed by atoms with Crippen LogP contribution in [0.3, 0.4) is 0 Å². The van der Waals surface area contributed by atoms with Gasteiger partial charge >= 0.3 is 0 Å². The van der Waals surface area contributed by atoms with Crippen molar-refractivity contribution in [3.8, 4) is 0 Å². The van der Waals surface area contributed by atoms with Gasteiger partial charge in [-0.2, -0.15) is 0 Å². The number of thioether (sulfide) groups is 1. The number of hydrogen-bond acceptors (Lipinski definition) is 7. The van der Waals surface area contributed by atoms with Crippen molar-refractivity contribution in [3.63, 3.8) is 0 Å². The number of morpholine rings is 1. The Morgan fingerprint density at radius 1 is 1.37 bits per heavy atom. The molecular formula is C20H23ClN4O3S2. The van der Waals surface area contributed by atoms with E-state index in [2.05, 4.69) is 34.4 Å². The van der Waals surface area contributed by atoms with Gasteiger partial charge in [-0.1, -0.05) is 11.6 Å². The molecule has 2 aromatic rings. The highest BCUT2D eigenvalue weighted by Crippen LogP contribution is 2.38. The summed E-state index contributed by atoms with van der Waals surface area (Å²) in [4.78, 5) is 32.6. The van der Waals surface area contributed by atoms with Crippen molar-refractivity contribution in [1.29, 1.82) is 0 Å². The molecule has 160 valence electrons. The maximum Gasteiger partial charge on any atom is 0.238 e. The van der Waals surface area contributed by atoms with Crippen LogP contribution in [0.5, 0.6) is 0 Å². The third-order valence-electron chi connectivity index (χ3n) is 4.81. The van der Waals surface area contributed by atoms with E-state index in [4.69, 9.17) is 16.3 Å². The maximum absolute atomic E-state index is 12.5. The predicted molar refractivity (Wildman–Crippen MR) is 120 cm³/mol. The van der Waals surface area contributed by atoms with Crippen molar-refractivity contribution < 1.29 is 14.3 Å². The molecule has 2 amide bonds. The summed E-state index contributed by atoms with van der Waals surface area (Å²) in [6, 6.07) is 5.34. The molecule has 4 rings (SSSR count). The van der Waals surface area contributed by atoms with Gasteiger partial charge in [0, 0.05) is 41.4 Å². The smallest absolute Gasteiger partial charge is 0.238 e. The van der Waals surface area contributed by atoms with E-state index in [1.165, 1.54) is 23.1 Å². The molecule has 2 aliphatic heterocycles. The number of hydrogen-bond donors (Lipinski definition) is 2. The van der Waals surface area contributed by atoms with Crippen LogP contribution in [-0.2, 0) is 20.9 Å². The lowest BCUT2D eigenvalue weighted by atomic mass is 10.2. The Bertz CT molecular complexity index is 944. The summed E-state index contributed by atoms with van der Waals surface area (Å²) in [5.74, 6) is -0.421. The van der Waals surface area contributed by atoms with Gasteiger partial charge in [0.15, 0.2) is 5.13 Å². The lowest BCUT2D eigenvalue weighted by Crippen LogP contribution is -2.44. The molecule has 0 aliphatic carbocycles. The van der Waals surface area contributed by atoms with Gasteiger partial charge in [-0.25, -0.2) is 4.98 Å². The first-order chi connectivity index (χ1) is 14.4. The van der Waals surface area contributed by atoms with Crippen LogP contribution in [0.4, 0.5) is 10.8 Å². The number of carbonyl (C=O) groups is 2. The van der Waals surface area contributed by atoms with E-state index < -0.39 is 5.25 Å². The first kappa shape index (κ1) is 21.6. The number of halogens is 1. The number of thiazole rings is 1. The van der Waals surface area contributed by atoms with E-state index in [9.17, 15) is 9.59 Å². The maximum atomic E-state index is 12.5. The molecule has 7 nitrogen and oxygen atoms in total. The average molecular weight is 467 g/mol. The minimum atomic E-state index is -0.491. The number of fused-ring (bicyclic) bond motifs is 1. The van der Waals surface area contributed by atoms with E-state index in [1.807, 2.05) is 11.4 Å². The number of nitrogens with zero attached hydrogens (tertiary/aromatic N) is 2. The average Bonchev–Trinajstić information content (AvgIpc) is 3.08. The van der Waals surface area contributed by atoms with Crippen molar-refractivity contribution in [3.05, 3.63) is 34.3 Å². The molecule has 0 saturated carbocycles. The monoisotopic (exact) mass is 466 g/mol. The Morgan fingerprint density at radius 2 is 2.13 bits per heavy atom. The topological polar surface area (TPSA) is 83.6 Å². The summed E-state index contributed by atoms with van der Waals surface area (Å²) in [6.45, 7) is 6.60. The Balaban J connectivity index is 1.31. The molecule has 10 heteroatoms. The molecule has 1 aromatic carbocycles. The molecular weight excluding hydrogens is 444 g/mol. The Labute approximate surface area is 188 Å². The predicted octanol–water partition coefficient (Wildman–Crippen LogP) is 3.85. The van der Waals surface area contributed by atoms with E-state index in [1.54, 1.807) is 12.1 Å². The first-order valence-electron chi connectivity index (χ1n) is 9.75. The second-order valence-corrected chi connectivity index (χ2v) is 10.1. The molecule has 2 aliphatic rings. The summed E-state index contributed by atoms with van der Waals surface area (Å²) >= 11 is 8.75. The van der Waals surface area contributed by atoms with Crippen LogP contribution in [-0.4, -0.2) is 52.2 Å². The fraction of sp³-hybridized carbons (Fsp3) is 0.450. The van der Waals surface area contributed by atoms with E-state index in [-0.39, 0.29) is 30.4 Å². The SMILES string of the molecule is C[C@@H]1CN(Cc2csc(NC(=O)C[C@H]3Sc4ccc(Cl)cc4NC3=O)n2)C[C@H](C)O1. The normalized spacial score (nSPS) is 24.2. The van der Waals surface area contributed by atoms with Crippen LogP contribution in [0.2, 0.25) is 5.02 Å². The van der Waals surface area contributed by atoms with E-state index >= 15 is 0 Å². The number of carbonyl (C=O) groups excluding carboxylic acids is 2. The Morgan fingerprint density at radius 3 is 2.90 bits per heavy atom. The van der Waals surface area contributed by atoms with Gasteiger partial charge in [-0.05, 0) is 32.0 Å². The molecule has 1 fully saturated rings. The summed E-state index contributed by atoms with van der Waals surface area (Å²) in [6.07, 6.45) is 0.477. The highest BCUT2D eigenvalue weighted by Gasteiger charge is 2.29. The molecule has 0 spiro atoms. The zero-order valence-electron chi connectivity index (χ0n) is 16.7. The Hall–Kier alpha value is -1.65. The van der Waals surface area contributed by atoms with Gasteiger partial charge in [0.1, 0.15) is 0 Å². The summed E-state index contributed by atoms with van der Waals surface area (Å²) in [7, 11) is 0. The summed E-state index contributed by atoms with van der Waals surface area (Å²) in [5.41, 5.74) is 1.61. The van der Waals surface area contributed by atoms with E-state index in [0.29, 0.717) is 15.8 Å². The third-order valence-corrected chi connectivity index (χ3v) is 7.13. The zero-order valence-corrected chi connectivity index (χ0v) is 19.1. The highest BCUT2D eigenvalue weighted by atomic mass is 35.5. The molecule has 0 radical (unpaired) electrons. The van der Waals surface area contributed by atoms with Crippen molar-refractivity contribution in [2.45, 2.75) is 49.2 Å². The number of amides is 2. The fourth-order valence-electron chi connectivity index (χ4n) is 3.68. The molecule has 0 unspecified atom stereocenters. The Kier molecular flexibility index (Phi) is 6.64. The first-order valence-corrected chi connectivity index (χ1v) is 11.9. The second kappa shape index (κ2) is 9.23. The molecule has 1 aromatic heterocycles. The summed E-state index contributed by atoms with van der Waals surface area (Å²) in [5, 5.41) is 8.24. The van der Waals surface area contributed by atoms with Crippen molar-refractivity contribution in [1.82, 2.24) is 9.88 Å². The van der Waals surface area contributed by atoms with Gasteiger partial charge in [-0.15, -0.1) is 23.1 Å². The number of anilines is 2. The van der Waals surface area contributed by atoms with Crippen molar-refractivity contribution in [2.24, 2.45) is 0 Å². The van der Waals surface area contributed by atoms with Crippen LogP contribution >= 0.6 is 34.7 Å². The van der Waals surface area contributed by atoms with Gasteiger partial charge in [0.05, 0.1) is 28.8 Å². The molecule has 30 heavy (non-hydrogen) atoms. The molecule has 3 atom stereocenters. The quantitative estimate of drug-likeness (QED) is 0.696. The minimum Gasteiger partial charge on any atom is -0.373 e. The van der Waals surface area contributed by atoms with Crippen molar-refractivity contribution in [2.75, 3.05) is 23.7 Å². The number of ether oxygens (including phenoxy) is 1. The molecule has 3 heterocycles. The van der Waals surface area contributed by atoms with Gasteiger partial charge in [0.25, 0.3) is 0 Å². The van der Waals surface area contributed by atoms with Gasteiger partial charge in [-0.3, -0.25) is 14.5 Å². The van der Waals surface area contributed by atoms with Crippen molar-refractivity contribution >= 4 is 57.3 Å². The van der Waals surface area contributed by atoms with Gasteiger partial charge < -0.3 is 15.4 Å². The molecule has 1 saturated heterocycles. The number of nitrogens with one attached hydrogen (secondary N) is 2.